The van der Waals surface area contributed by atoms with Crippen molar-refractivity contribution in [2.24, 2.45) is 5.92 Å². The molecule has 1 heterocycles. The lowest BCUT2D eigenvalue weighted by Crippen LogP contribution is -2.54. The molecule has 6 nitrogen and oxygen atoms in total. The first-order valence-corrected chi connectivity index (χ1v) is 6.89. The van der Waals surface area contributed by atoms with Crippen molar-refractivity contribution in [3.63, 3.8) is 0 Å². The number of rotatable bonds is 6. The zero-order valence-corrected chi connectivity index (χ0v) is 11.9. The summed E-state index contributed by atoms with van der Waals surface area (Å²) >= 11 is 0. The van der Waals surface area contributed by atoms with Gasteiger partial charge in [0.1, 0.15) is 12.1 Å². The third-order valence-electron chi connectivity index (χ3n) is 3.27. The third kappa shape index (κ3) is 4.80. The van der Waals surface area contributed by atoms with E-state index in [-0.39, 0.29) is 17.8 Å². The number of carbonyl (C=O) groups is 2. The number of amides is 1. The van der Waals surface area contributed by atoms with E-state index in [0.29, 0.717) is 19.8 Å². The van der Waals surface area contributed by atoms with Gasteiger partial charge in [0, 0.05) is 13.1 Å². The summed E-state index contributed by atoms with van der Waals surface area (Å²) in [5, 5.41) is 5.83. The first-order valence-electron chi connectivity index (χ1n) is 6.89. The Labute approximate surface area is 114 Å². The molecule has 3 unspecified atom stereocenters. The van der Waals surface area contributed by atoms with Crippen molar-refractivity contribution < 1.29 is 19.1 Å². The molecule has 0 radical (unpaired) electrons. The molecule has 3 atom stereocenters. The maximum absolute atomic E-state index is 12.1. The van der Waals surface area contributed by atoms with Crippen molar-refractivity contribution >= 4 is 11.9 Å². The minimum atomic E-state index is -0.608. The molecule has 1 aliphatic heterocycles. The average Bonchev–Trinajstić information content (AvgIpc) is 2.44. The van der Waals surface area contributed by atoms with E-state index in [0.717, 1.165) is 13.0 Å². The highest BCUT2D eigenvalue weighted by Gasteiger charge is 2.30. The van der Waals surface area contributed by atoms with Crippen LogP contribution in [0.3, 0.4) is 0 Å². The Morgan fingerprint density at radius 2 is 2.21 bits per heavy atom. The molecule has 1 fully saturated rings. The molecule has 2 N–H and O–H groups in total. The SMILES string of the molecule is CCOC(=O)C(NC(=O)C1CNCCO1)C(C)CC. The standard InChI is InChI=1S/C13H24N2O4/c1-4-9(3)11(13(17)18-5-2)15-12(16)10-8-14-6-7-19-10/h9-11,14H,4-8H2,1-3H3,(H,15,16). The van der Waals surface area contributed by atoms with Crippen molar-refractivity contribution in [1.29, 1.82) is 0 Å². The molecular weight excluding hydrogens is 248 g/mol. The van der Waals surface area contributed by atoms with Crippen LogP contribution in [0, 0.1) is 5.92 Å². The van der Waals surface area contributed by atoms with E-state index in [4.69, 9.17) is 9.47 Å². The molecule has 1 amide bonds. The van der Waals surface area contributed by atoms with E-state index in [1.807, 2.05) is 13.8 Å². The van der Waals surface area contributed by atoms with Gasteiger partial charge in [-0.2, -0.15) is 0 Å². The topological polar surface area (TPSA) is 76.7 Å². The van der Waals surface area contributed by atoms with Gasteiger partial charge >= 0.3 is 5.97 Å². The Balaban J connectivity index is 2.59. The summed E-state index contributed by atoms with van der Waals surface area (Å²) < 4.78 is 10.4. The minimum absolute atomic E-state index is 0.0274. The molecule has 0 saturated carbocycles. The van der Waals surface area contributed by atoms with Gasteiger partial charge in [-0.15, -0.1) is 0 Å². The number of ether oxygens (including phenoxy) is 2. The Kier molecular flexibility index (Phi) is 6.80. The van der Waals surface area contributed by atoms with Gasteiger partial charge in [-0.25, -0.2) is 4.79 Å². The van der Waals surface area contributed by atoms with E-state index in [2.05, 4.69) is 10.6 Å². The second-order valence-corrected chi connectivity index (χ2v) is 4.69. The van der Waals surface area contributed by atoms with Gasteiger partial charge in [0.05, 0.1) is 13.2 Å². The zero-order valence-electron chi connectivity index (χ0n) is 11.9. The predicted molar refractivity (Wildman–Crippen MR) is 70.6 cm³/mol. The van der Waals surface area contributed by atoms with Gasteiger partial charge in [0.25, 0.3) is 5.91 Å². The number of esters is 1. The normalized spacial score (nSPS) is 22.4. The van der Waals surface area contributed by atoms with Crippen LogP contribution in [0.25, 0.3) is 0 Å². The highest BCUT2D eigenvalue weighted by molar-refractivity contribution is 5.87. The van der Waals surface area contributed by atoms with E-state index in [1.165, 1.54) is 0 Å². The number of hydrogen-bond donors (Lipinski definition) is 2. The Morgan fingerprint density at radius 1 is 1.47 bits per heavy atom. The van der Waals surface area contributed by atoms with Crippen LogP contribution in [0.4, 0.5) is 0 Å². The van der Waals surface area contributed by atoms with Crippen LogP contribution in [0.15, 0.2) is 0 Å². The van der Waals surface area contributed by atoms with E-state index >= 15 is 0 Å². The molecule has 1 rings (SSSR count). The Hall–Kier alpha value is -1.14. The molecule has 6 heteroatoms. The monoisotopic (exact) mass is 272 g/mol. The fourth-order valence-corrected chi connectivity index (χ4v) is 1.88. The summed E-state index contributed by atoms with van der Waals surface area (Å²) in [5.41, 5.74) is 0. The van der Waals surface area contributed by atoms with Crippen LogP contribution < -0.4 is 10.6 Å². The maximum Gasteiger partial charge on any atom is 0.328 e. The zero-order chi connectivity index (χ0) is 14.3. The van der Waals surface area contributed by atoms with Crippen LogP contribution in [0.2, 0.25) is 0 Å². The van der Waals surface area contributed by atoms with Crippen molar-refractivity contribution in [2.45, 2.75) is 39.3 Å². The van der Waals surface area contributed by atoms with Crippen LogP contribution >= 0.6 is 0 Å². The summed E-state index contributed by atoms with van der Waals surface area (Å²) in [7, 11) is 0. The fraction of sp³-hybridized carbons (Fsp3) is 0.846. The van der Waals surface area contributed by atoms with Crippen LogP contribution in [-0.2, 0) is 19.1 Å². The van der Waals surface area contributed by atoms with E-state index in [9.17, 15) is 9.59 Å². The van der Waals surface area contributed by atoms with Gasteiger partial charge in [-0.05, 0) is 12.8 Å². The summed E-state index contributed by atoms with van der Waals surface area (Å²) in [6, 6.07) is -0.608. The molecule has 0 aromatic rings. The average molecular weight is 272 g/mol. The molecule has 0 spiro atoms. The predicted octanol–water partition coefficient (Wildman–Crippen LogP) is 0.0688. The second-order valence-electron chi connectivity index (χ2n) is 4.69. The Morgan fingerprint density at radius 3 is 2.74 bits per heavy atom. The summed E-state index contributed by atoms with van der Waals surface area (Å²) in [4.78, 5) is 23.9. The van der Waals surface area contributed by atoms with Crippen LogP contribution in [-0.4, -0.2) is 50.3 Å². The molecule has 19 heavy (non-hydrogen) atoms. The van der Waals surface area contributed by atoms with Crippen molar-refractivity contribution in [2.75, 3.05) is 26.3 Å². The number of morpholine rings is 1. The van der Waals surface area contributed by atoms with Gasteiger partial charge in [-0.1, -0.05) is 20.3 Å². The number of nitrogens with one attached hydrogen (secondary N) is 2. The van der Waals surface area contributed by atoms with E-state index < -0.39 is 12.1 Å². The molecule has 1 aliphatic rings. The van der Waals surface area contributed by atoms with Crippen molar-refractivity contribution in [3.05, 3.63) is 0 Å². The third-order valence-corrected chi connectivity index (χ3v) is 3.27. The van der Waals surface area contributed by atoms with Crippen molar-refractivity contribution in [1.82, 2.24) is 10.6 Å². The summed E-state index contributed by atoms with van der Waals surface area (Å²) in [6.45, 7) is 7.68. The number of hydrogen-bond acceptors (Lipinski definition) is 5. The summed E-state index contributed by atoms with van der Waals surface area (Å²) in [6.07, 6.45) is 0.253. The lowest BCUT2D eigenvalue weighted by molar-refractivity contribution is -0.151. The van der Waals surface area contributed by atoms with Gasteiger partial charge < -0.3 is 20.1 Å². The molecule has 0 aromatic heterocycles. The van der Waals surface area contributed by atoms with Gasteiger partial charge in [-0.3, -0.25) is 4.79 Å². The molecule has 0 aromatic carbocycles. The first kappa shape index (κ1) is 15.9. The molecule has 0 bridgehead atoms. The van der Waals surface area contributed by atoms with Gasteiger partial charge in [0.15, 0.2) is 0 Å². The highest BCUT2D eigenvalue weighted by Crippen LogP contribution is 2.10. The lowest BCUT2D eigenvalue weighted by atomic mass is 9.99. The molecular formula is C13H24N2O4. The van der Waals surface area contributed by atoms with Crippen LogP contribution in [0.5, 0.6) is 0 Å². The van der Waals surface area contributed by atoms with Gasteiger partial charge in [0.2, 0.25) is 0 Å². The smallest absolute Gasteiger partial charge is 0.328 e. The quantitative estimate of drug-likeness (QED) is 0.669. The van der Waals surface area contributed by atoms with Crippen molar-refractivity contribution in [3.8, 4) is 0 Å². The maximum atomic E-state index is 12.1. The second kappa shape index (κ2) is 8.12. The number of carbonyl (C=O) groups excluding carboxylic acids is 2. The Bertz CT molecular complexity index is 303. The molecule has 0 aliphatic carbocycles. The fourth-order valence-electron chi connectivity index (χ4n) is 1.88. The lowest BCUT2D eigenvalue weighted by Gasteiger charge is -2.27. The highest BCUT2D eigenvalue weighted by atomic mass is 16.5. The minimum Gasteiger partial charge on any atom is -0.464 e. The van der Waals surface area contributed by atoms with E-state index in [1.54, 1.807) is 6.92 Å². The largest absolute Gasteiger partial charge is 0.464 e. The first-order chi connectivity index (χ1) is 9.10. The summed E-state index contributed by atoms with van der Waals surface area (Å²) in [5.74, 6) is -0.612. The molecule has 1 saturated heterocycles. The molecule has 110 valence electrons. The van der Waals surface area contributed by atoms with Crippen LogP contribution in [0.1, 0.15) is 27.2 Å².